The van der Waals surface area contributed by atoms with Gasteiger partial charge >= 0.3 is 6.03 Å². The highest BCUT2D eigenvalue weighted by Gasteiger charge is 2.03. The molecule has 0 unspecified atom stereocenters. The lowest BCUT2D eigenvalue weighted by atomic mass is 10.1. The lowest BCUT2D eigenvalue weighted by molar-refractivity contribution is -0.118. The van der Waals surface area contributed by atoms with Crippen LogP contribution in [0.25, 0.3) is 0 Å². The van der Waals surface area contributed by atoms with E-state index in [1.807, 2.05) is 11.4 Å². The van der Waals surface area contributed by atoms with Gasteiger partial charge in [0, 0.05) is 5.69 Å². The molecule has 0 aliphatic heterocycles. The number of carbonyl (C=O) groups excluding carboxylic acids is 2. The van der Waals surface area contributed by atoms with Crippen molar-refractivity contribution in [2.45, 2.75) is 6.42 Å². The van der Waals surface area contributed by atoms with Gasteiger partial charge in [0.25, 0.3) is 0 Å². The first kappa shape index (κ1) is 12.5. The van der Waals surface area contributed by atoms with Crippen LogP contribution in [0.5, 0.6) is 0 Å². The fraction of sp³-hybridized carbons (Fsp3) is 0.182. The summed E-state index contributed by atoms with van der Waals surface area (Å²) in [5.41, 5.74) is 6.42. The largest absolute Gasteiger partial charge is 0.376 e. The Morgan fingerprint density at radius 1 is 1.29 bits per heavy atom. The van der Waals surface area contributed by atoms with Crippen molar-refractivity contribution in [3.05, 3.63) is 29.8 Å². The Labute approximate surface area is 98.4 Å². The molecular weight excluding hydrogens is 220 g/mol. The smallest absolute Gasteiger partial charge is 0.318 e. The Balaban J connectivity index is 2.45. The second kappa shape index (κ2) is 6.12. The van der Waals surface area contributed by atoms with Crippen LogP contribution in [0, 0.1) is 11.3 Å². The number of hydrogen-bond acceptors (Lipinski definition) is 4. The minimum atomic E-state index is -0.874. The van der Waals surface area contributed by atoms with Crippen LogP contribution in [0.1, 0.15) is 5.56 Å². The van der Waals surface area contributed by atoms with Crippen molar-refractivity contribution in [1.29, 1.82) is 5.26 Å². The molecule has 1 rings (SSSR count). The predicted octanol–water partition coefficient (Wildman–Crippen LogP) is 0.359. The number of anilines is 1. The van der Waals surface area contributed by atoms with E-state index >= 15 is 0 Å². The molecule has 0 radical (unpaired) electrons. The number of benzene rings is 1. The number of nitrogens with zero attached hydrogens (tertiary/aromatic N) is 1. The molecule has 88 valence electrons. The van der Waals surface area contributed by atoms with E-state index in [1.165, 1.54) is 0 Å². The van der Waals surface area contributed by atoms with Gasteiger partial charge in [-0.3, -0.25) is 10.1 Å². The van der Waals surface area contributed by atoms with Crippen LogP contribution in [0.3, 0.4) is 0 Å². The van der Waals surface area contributed by atoms with Crippen molar-refractivity contribution >= 4 is 17.6 Å². The maximum Gasteiger partial charge on any atom is 0.318 e. The summed E-state index contributed by atoms with van der Waals surface area (Å²) < 4.78 is 0. The SMILES string of the molecule is N#CCc1ccc(NCC(=O)NC(N)=O)cc1. The molecular formula is C11H12N4O2. The molecule has 0 bridgehead atoms. The second-order valence-electron chi connectivity index (χ2n) is 3.30. The Morgan fingerprint density at radius 3 is 2.47 bits per heavy atom. The van der Waals surface area contributed by atoms with E-state index in [0.717, 1.165) is 11.3 Å². The summed E-state index contributed by atoms with van der Waals surface area (Å²) in [6.45, 7) is -0.0411. The quantitative estimate of drug-likeness (QED) is 0.696. The topological polar surface area (TPSA) is 108 Å². The summed E-state index contributed by atoms with van der Waals surface area (Å²) >= 11 is 0. The molecule has 0 aromatic heterocycles. The molecule has 17 heavy (non-hydrogen) atoms. The van der Waals surface area contributed by atoms with E-state index in [-0.39, 0.29) is 6.54 Å². The number of carbonyl (C=O) groups is 2. The first-order valence-corrected chi connectivity index (χ1v) is 4.91. The molecule has 1 aromatic carbocycles. The molecule has 3 amide bonds. The van der Waals surface area contributed by atoms with E-state index in [1.54, 1.807) is 24.3 Å². The average Bonchev–Trinajstić information content (AvgIpc) is 2.28. The third kappa shape index (κ3) is 4.66. The standard InChI is InChI=1S/C11H12N4O2/c12-6-5-8-1-3-9(4-2-8)14-7-10(16)15-11(13)17/h1-4,14H,5,7H2,(H3,13,15,16,17). The van der Waals surface area contributed by atoms with Crippen molar-refractivity contribution in [2.24, 2.45) is 5.73 Å². The Bertz CT molecular complexity index is 448. The zero-order valence-electron chi connectivity index (χ0n) is 9.06. The zero-order chi connectivity index (χ0) is 12.7. The van der Waals surface area contributed by atoms with Gasteiger partial charge in [0.05, 0.1) is 19.0 Å². The van der Waals surface area contributed by atoms with Crippen molar-refractivity contribution in [3.8, 4) is 6.07 Å². The Hall–Kier alpha value is -2.55. The third-order valence-electron chi connectivity index (χ3n) is 1.95. The molecule has 0 fully saturated rings. The van der Waals surface area contributed by atoms with Crippen LogP contribution in [-0.4, -0.2) is 18.5 Å². The van der Waals surface area contributed by atoms with E-state index in [4.69, 9.17) is 11.0 Å². The number of nitrogens with one attached hydrogen (secondary N) is 2. The molecule has 0 atom stereocenters. The van der Waals surface area contributed by atoms with Gasteiger partial charge in [-0.05, 0) is 17.7 Å². The lowest BCUT2D eigenvalue weighted by Crippen LogP contribution is -2.38. The fourth-order valence-electron chi connectivity index (χ4n) is 1.20. The normalized spacial score (nSPS) is 9.12. The molecule has 1 aromatic rings. The van der Waals surface area contributed by atoms with Crippen LogP contribution in [0.2, 0.25) is 0 Å². The van der Waals surface area contributed by atoms with Crippen LogP contribution < -0.4 is 16.4 Å². The number of primary amides is 1. The van der Waals surface area contributed by atoms with Crippen molar-refractivity contribution in [1.82, 2.24) is 5.32 Å². The summed E-state index contributed by atoms with van der Waals surface area (Å²) in [6.07, 6.45) is 0.350. The lowest BCUT2D eigenvalue weighted by Gasteiger charge is -2.05. The van der Waals surface area contributed by atoms with E-state index < -0.39 is 11.9 Å². The number of amides is 3. The molecule has 0 aliphatic carbocycles. The van der Waals surface area contributed by atoms with E-state index in [0.29, 0.717) is 6.42 Å². The van der Waals surface area contributed by atoms with E-state index in [9.17, 15) is 9.59 Å². The van der Waals surface area contributed by atoms with Gasteiger partial charge in [0.1, 0.15) is 0 Å². The molecule has 0 aliphatic rings. The highest BCUT2D eigenvalue weighted by Crippen LogP contribution is 2.09. The number of hydrogen-bond donors (Lipinski definition) is 3. The predicted molar refractivity (Wildman–Crippen MR) is 62.0 cm³/mol. The van der Waals surface area contributed by atoms with Gasteiger partial charge < -0.3 is 11.1 Å². The van der Waals surface area contributed by atoms with Crippen LogP contribution in [0.15, 0.2) is 24.3 Å². The van der Waals surface area contributed by atoms with Gasteiger partial charge in [-0.2, -0.15) is 5.26 Å². The van der Waals surface area contributed by atoms with Gasteiger partial charge in [-0.25, -0.2) is 4.79 Å². The minimum absolute atomic E-state index is 0.0411. The summed E-state index contributed by atoms with van der Waals surface area (Å²) in [7, 11) is 0. The first-order chi connectivity index (χ1) is 8.11. The van der Waals surface area contributed by atoms with Gasteiger partial charge in [-0.1, -0.05) is 12.1 Å². The number of urea groups is 1. The summed E-state index contributed by atoms with van der Waals surface area (Å²) in [4.78, 5) is 21.4. The number of nitriles is 1. The molecule has 6 heteroatoms. The van der Waals surface area contributed by atoms with Crippen LogP contribution in [0.4, 0.5) is 10.5 Å². The van der Waals surface area contributed by atoms with E-state index in [2.05, 4.69) is 5.32 Å². The average molecular weight is 232 g/mol. The highest BCUT2D eigenvalue weighted by molar-refractivity contribution is 5.95. The second-order valence-corrected chi connectivity index (χ2v) is 3.30. The molecule has 0 spiro atoms. The molecule has 4 N–H and O–H groups in total. The third-order valence-corrected chi connectivity index (χ3v) is 1.95. The van der Waals surface area contributed by atoms with Crippen LogP contribution >= 0.6 is 0 Å². The molecule has 0 saturated heterocycles. The molecule has 0 heterocycles. The number of imide groups is 1. The summed E-state index contributed by atoms with van der Waals surface area (Å²) in [5, 5.41) is 13.2. The van der Waals surface area contributed by atoms with Gasteiger partial charge in [0.15, 0.2) is 0 Å². The minimum Gasteiger partial charge on any atom is -0.376 e. The maximum absolute atomic E-state index is 11.1. The Morgan fingerprint density at radius 2 is 1.94 bits per heavy atom. The number of rotatable bonds is 4. The summed E-state index contributed by atoms with van der Waals surface area (Å²) in [5.74, 6) is -0.501. The highest BCUT2D eigenvalue weighted by atomic mass is 16.2. The van der Waals surface area contributed by atoms with Gasteiger partial charge in [0.2, 0.25) is 5.91 Å². The van der Waals surface area contributed by atoms with Crippen molar-refractivity contribution in [2.75, 3.05) is 11.9 Å². The van der Waals surface area contributed by atoms with Crippen LogP contribution in [-0.2, 0) is 11.2 Å². The first-order valence-electron chi connectivity index (χ1n) is 4.91. The number of nitrogens with two attached hydrogens (primary N) is 1. The molecule has 0 saturated carbocycles. The molecule has 6 nitrogen and oxygen atoms in total. The monoisotopic (exact) mass is 232 g/mol. The Kier molecular flexibility index (Phi) is 4.51. The maximum atomic E-state index is 11.1. The fourth-order valence-corrected chi connectivity index (χ4v) is 1.20. The van der Waals surface area contributed by atoms with Crippen molar-refractivity contribution < 1.29 is 9.59 Å². The van der Waals surface area contributed by atoms with Crippen molar-refractivity contribution in [3.63, 3.8) is 0 Å². The summed E-state index contributed by atoms with van der Waals surface area (Å²) in [6, 6.07) is 8.25. The zero-order valence-corrected chi connectivity index (χ0v) is 9.06. The van der Waals surface area contributed by atoms with Gasteiger partial charge in [-0.15, -0.1) is 0 Å².